The Morgan fingerprint density at radius 1 is 1.10 bits per heavy atom. The van der Waals surface area contributed by atoms with Crippen molar-refractivity contribution in [3.8, 4) is 0 Å². The Balaban J connectivity index is 1.85. The van der Waals surface area contributed by atoms with Crippen molar-refractivity contribution in [3.05, 3.63) is 72.0 Å². The van der Waals surface area contributed by atoms with Crippen molar-refractivity contribution in [3.63, 3.8) is 0 Å². The van der Waals surface area contributed by atoms with Crippen LogP contribution in [0.5, 0.6) is 0 Å². The molecule has 0 bridgehead atoms. The summed E-state index contributed by atoms with van der Waals surface area (Å²) in [5, 5.41) is 13.1. The van der Waals surface area contributed by atoms with Crippen LogP contribution in [-0.2, 0) is 0 Å². The van der Waals surface area contributed by atoms with Crippen molar-refractivity contribution >= 4 is 16.9 Å². The lowest BCUT2D eigenvalue weighted by atomic mass is 10.1. The van der Waals surface area contributed by atoms with Crippen LogP contribution in [0, 0.1) is 0 Å². The fourth-order valence-electron chi connectivity index (χ4n) is 2.31. The van der Waals surface area contributed by atoms with E-state index in [0.29, 0.717) is 11.1 Å². The number of fused-ring (bicyclic) bond motifs is 1. The first-order valence-electron chi connectivity index (χ1n) is 6.72. The number of amides is 1. The zero-order valence-electron chi connectivity index (χ0n) is 11.3. The number of aliphatic hydroxyl groups is 1. The first kappa shape index (κ1) is 13.4. The first-order valence-corrected chi connectivity index (χ1v) is 6.72. The summed E-state index contributed by atoms with van der Waals surface area (Å²) >= 11 is 0. The summed E-state index contributed by atoms with van der Waals surface area (Å²) in [6, 6.07) is 16.3. The van der Waals surface area contributed by atoms with Crippen molar-refractivity contribution in [1.29, 1.82) is 0 Å². The van der Waals surface area contributed by atoms with Crippen molar-refractivity contribution in [2.75, 3.05) is 6.61 Å². The Kier molecular flexibility index (Phi) is 3.71. The number of carbonyl (C=O) groups is 1. The van der Waals surface area contributed by atoms with E-state index in [0.717, 1.165) is 10.9 Å². The Hall–Kier alpha value is -2.59. The van der Waals surface area contributed by atoms with Gasteiger partial charge in [-0.3, -0.25) is 4.79 Å². The van der Waals surface area contributed by atoms with Crippen LogP contribution in [-0.4, -0.2) is 17.6 Å². The maximum absolute atomic E-state index is 12.4. The van der Waals surface area contributed by atoms with E-state index in [2.05, 4.69) is 5.32 Å². The third-order valence-electron chi connectivity index (χ3n) is 3.42. The van der Waals surface area contributed by atoms with Crippen molar-refractivity contribution in [1.82, 2.24) is 5.32 Å². The Morgan fingerprint density at radius 3 is 2.57 bits per heavy atom. The minimum atomic E-state index is -0.438. The van der Waals surface area contributed by atoms with Gasteiger partial charge in [0.05, 0.1) is 18.2 Å². The molecule has 0 radical (unpaired) electrons. The standard InChI is InChI=1S/C17H15NO3/c19-10-15(12-6-2-1-3-7-12)18-17(20)14-11-21-16-9-5-4-8-13(14)16/h1-9,11,15,19H,10H2,(H,18,20)/t15-/m0/s1. The summed E-state index contributed by atoms with van der Waals surface area (Å²) in [5.41, 5.74) is 2.00. The second kappa shape index (κ2) is 5.81. The second-order valence-electron chi connectivity index (χ2n) is 4.76. The number of hydrogen-bond acceptors (Lipinski definition) is 3. The molecule has 106 valence electrons. The monoisotopic (exact) mass is 281 g/mol. The van der Waals surface area contributed by atoms with Gasteiger partial charge in [0, 0.05) is 5.39 Å². The molecule has 0 saturated heterocycles. The van der Waals surface area contributed by atoms with Crippen LogP contribution in [0.25, 0.3) is 11.0 Å². The highest BCUT2D eigenvalue weighted by Gasteiger charge is 2.18. The van der Waals surface area contributed by atoms with Crippen molar-refractivity contribution in [2.24, 2.45) is 0 Å². The van der Waals surface area contributed by atoms with Crippen LogP contribution in [0.2, 0.25) is 0 Å². The van der Waals surface area contributed by atoms with Gasteiger partial charge in [0.2, 0.25) is 0 Å². The van der Waals surface area contributed by atoms with Crippen LogP contribution in [0.15, 0.2) is 65.3 Å². The molecular formula is C17H15NO3. The Bertz CT molecular complexity index is 749. The molecule has 3 aromatic rings. The molecule has 1 aromatic heterocycles. The SMILES string of the molecule is O=C(N[C@@H](CO)c1ccccc1)c1coc2ccccc12. The number of nitrogens with one attached hydrogen (secondary N) is 1. The lowest BCUT2D eigenvalue weighted by molar-refractivity contribution is 0.0917. The van der Waals surface area contributed by atoms with Gasteiger partial charge in [0.15, 0.2) is 0 Å². The lowest BCUT2D eigenvalue weighted by Gasteiger charge is -2.16. The van der Waals surface area contributed by atoms with Gasteiger partial charge in [-0.15, -0.1) is 0 Å². The van der Waals surface area contributed by atoms with Gasteiger partial charge in [0.25, 0.3) is 5.91 Å². The molecular weight excluding hydrogens is 266 g/mol. The normalized spacial score (nSPS) is 12.2. The zero-order valence-corrected chi connectivity index (χ0v) is 11.3. The van der Waals surface area contributed by atoms with Gasteiger partial charge in [-0.1, -0.05) is 48.5 Å². The van der Waals surface area contributed by atoms with E-state index in [1.807, 2.05) is 54.6 Å². The summed E-state index contributed by atoms with van der Waals surface area (Å²) in [5.74, 6) is -0.261. The number of benzene rings is 2. The highest BCUT2D eigenvalue weighted by atomic mass is 16.3. The van der Waals surface area contributed by atoms with Crippen molar-refractivity contribution < 1.29 is 14.3 Å². The molecule has 0 saturated carbocycles. The van der Waals surface area contributed by atoms with Crippen LogP contribution in [0.1, 0.15) is 22.0 Å². The molecule has 3 rings (SSSR count). The fourth-order valence-corrected chi connectivity index (χ4v) is 2.31. The van der Waals surface area contributed by atoms with E-state index in [1.54, 1.807) is 0 Å². The molecule has 0 fully saturated rings. The largest absolute Gasteiger partial charge is 0.463 e. The molecule has 1 heterocycles. The molecule has 0 aliphatic rings. The third-order valence-corrected chi connectivity index (χ3v) is 3.42. The predicted molar refractivity (Wildman–Crippen MR) is 79.9 cm³/mol. The highest BCUT2D eigenvalue weighted by molar-refractivity contribution is 6.06. The molecule has 4 heteroatoms. The Morgan fingerprint density at radius 2 is 1.81 bits per heavy atom. The molecule has 2 aromatic carbocycles. The van der Waals surface area contributed by atoms with E-state index in [9.17, 15) is 9.90 Å². The minimum absolute atomic E-state index is 0.161. The summed E-state index contributed by atoms with van der Waals surface area (Å²) in [7, 11) is 0. The van der Waals surface area contributed by atoms with Gasteiger partial charge < -0.3 is 14.8 Å². The van der Waals surface area contributed by atoms with E-state index >= 15 is 0 Å². The Labute approximate surface area is 122 Å². The molecule has 0 aliphatic heterocycles. The zero-order chi connectivity index (χ0) is 14.7. The summed E-state index contributed by atoms with van der Waals surface area (Å²) < 4.78 is 5.37. The van der Waals surface area contributed by atoms with E-state index in [-0.39, 0.29) is 12.5 Å². The third kappa shape index (κ3) is 2.66. The quantitative estimate of drug-likeness (QED) is 0.773. The molecule has 1 amide bonds. The van der Waals surface area contributed by atoms with Crippen molar-refractivity contribution in [2.45, 2.75) is 6.04 Å². The minimum Gasteiger partial charge on any atom is -0.463 e. The second-order valence-corrected chi connectivity index (χ2v) is 4.76. The number of furan rings is 1. The molecule has 0 spiro atoms. The van der Waals surface area contributed by atoms with Gasteiger partial charge in [-0.25, -0.2) is 0 Å². The summed E-state index contributed by atoms with van der Waals surface area (Å²) in [6.07, 6.45) is 1.44. The molecule has 0 aliphatic carbocycles. The van der Waals surface area contributed by atoms with E-state index < -0.39 is 6.04 Å². The summed E-state index contributed by atoms with van der Waals surface area (Å²) in [6.45, 7) is -0.161. The maximum Gasteiger partial charge on any atom is 0.255 e. The number of rotatable bonds is 4. The van der Waals surface area contributed by atoms with E-state index in [4.69, 9.17) is 4.42 Å². The average Bonchev–Trinajstić information content (AvgIpc) is 2.97. The smallest absolute Gasteiger partial charge is 0.255 e. The predicted octanol–water partition coefficient (Wildman–Crippen LogP) is 2.90. The lowest BCUT2D eigenvalue weighted by Crippen LogP contribution is -2.30. The fraction of sp³-hybridized carbons (Fsp3) is 0.118. The van der Waals surface area contributed by atoms with Crippen LogP contribution < -0.4 is 5.32 Å². The average molecular weight is 281 g/mol. The number of carbonyl (C=O) groups excluding carboxylic acids is 1. The molecule has 0 unspecified atom stereocenters. The molecule has 2 N–H and O–H groups in total. The van der Waals surface area contributed by atoms with Gasteiger partial charge in [-0.2, -0.15) is 0 Å². The molecule has 1 atom stereocenters. The highest BCUT2D eigenvalue weighted by Crippen LogP contribution is 2.21. The van der Waals surface area contributed by atoms with Crippen LogP contribution in [0.4, 0.5) is 0 Å². The summed E-state index contributed by atoms with van der Waals surface area (Å²) in [4.78, 5) is 12.4. The maximum atomic E-state index is 12.4. The van der Waals surface area contributed by atoms with E-state index in [1.165, 1.54) is 6.26 Å². The van der Waals surface area contributed by atoms with Crippen LogP contribution in [0.3, 0.4) is 0 Å². The van der Waals surface area contributed by atoms with Crippen LogP contribution >= 0.6 is 0 Å². The molecule has 4 nitrogen and oxygen atoms in total. The topological polar surface area (TPSA) is 62.5 Å². The van der Waals surface area contributed by atoms with Gasteiger partial charge >= 0.3 is 0 Å². The van der Waals surface area contributed by atoms with Gasteiger partial charge in [-0.05, 0) is 11.6 Å². The number of para-hydroxylation sites is 1. The number of aliphatic hydroxyl groups excluding tert-OH is 1. The molecule has 21 heavy (non-hydrogen) atoms. The number of hydrogen-bond donors (Lipinski definition) is 2. The van der Waals surface area contributed by atoms with Gasteiger partial charge in [0.1, 0.15) is 11.8 Å². The first-order chi connectivity index (χ1) is 10.3.